The van der Waals surface area contributed by atoms with Crippen molar-refractivity contribution in [3.05, 3.63) is 65.0 Å². The van der Waals surface area contributed by atoms with Crippen LogP contribution in [0.2, 0.25) is 0 Å². The van der Waals surface area contributed by atoms with Crippen LogP contribution in [-0.4, -0.2) is 48.8 Å². The van der Waals surface area contributed by atoms with Crippen LogP contribution < -0.4 is 20.7 Å². The van der Waals surface area contributed by atoms with Gasteiger partial charge < -0.3 is 25.8 Å². The molecule has 8 heteroatoms. The van der Waals surface area contributed by atoms with Gasteiger partial charge in [-0.1, -0.05) is 31.2 Å². The molecular weight excluding hydrogens is 461 g/mol. The molecule has 2 aromatic rings. The number of hydrogen-bond acceptors (Lipinski definition) is 5. The predicted molar refractivity (Wildman–Crippen MR) is 137 cm³/mol. The number of aliphatic hydroxyl groups excluding tert-OH is 1. The zero-order chi connectivity index (χ0) is 25.8. The van der Waals surface area contributed by atoms with Crippen molar-refractivity contribution in [2.45, 2.75) is 70.6 Å². The first-order chi connectivity index (χ1) is 17.4. The van der Waals surface area contributed by atoms with Crippen molar-refractivity contribution >= 4 is 11.8 Å². The molecule has 1 aliphatic rings. The normalized spacial score (nSPS) is 18.9. The molecule has 2 atom stereocenters. The molecule has 2 bridgehead atoms. The van der Waals surface area contributed by atoms with Crippen molar-refractivity contribution in [2.75, 3.05) is 19.7 Å². The molecule has 0 aliphatic carbocycles. The second-order valence-corrected chi connectivity index (χ2v) is 9.30. The van der Waals surface area contributed by atoms with Gasteiger partial charge in [0.15, 0.2) is 0 Å². The van der Waals surface area contributed by atoms with Crippen molar-refractivity contribution in [1.29, 1.82) is 0 Å². The number of aliphatic hydroxyl groups is 1. The van der Waals surface area contributed by atoms with Gasteiger partial charge in [0.05, 0.1) is 18.8 Å². The summed E-state index contributed by atoms with van der Waals surface area (Å²) in [5.74, 6) is -0.359. The average Bonchev–Trinajstić information content (AvgIpc) is 2.85. The number of hydrogen-bond donors (Lipinski definition) is 4. The molecule has 4 N–H and O–H groups in total. The molecule has 7 nitrogen and oxygen atoms in total. The van der Waals surface area contributed by atoms with E-state index in [0.29, 0.717) is 37.4 Å². The molecule has 2 amide bonds. The lowest BCUT2D eigenvalue weighted by molar-refractivity contribution is -0.123. The summed E-state index contributed by atoms with van der Waals surface area (Å²) in [4.78, 5) is 24.6. The predicted octanol–water partition coefficient (Wildman–Crippen LogP) is 3.03. The summed E-state index contributed by atoms with van der Waals surface area (Å²) in [7, 11) is 0. The van der Waals surface area contributed by atoms with Gasteiger partial charge in [0.25, 0.3) is 0 Å². The maximum absolute atomic E-state index is 14.3. The number of nitrogens with one attached hydrogen (secondary N) is 3. The highest BCUT2D eigenvalue weighted by Gasteiger charge is 2.22. The first-order valence-electron chi connectivity index (χ1n) is 12.9. The lowest BCUT2D eigenvalue weighted by Crippen LogP contribution is -2.48. The zero-order valence-electron chi connectivity index (χ0n) is 21.0. The van der Waals surface area contributed by atoms with Crippen LogP contribution in [0.4, 0.5) is 4.39 Å². The van der Waals surface area contributed by atoms with Crippen LogP contribution in [0.1, 0.15) is 55.7 Å². The van der Waals surface area contributed by atoms with E-state index in [1.807, 2.05) is 12.1 Å². The van der Waals surface area contributed by atoms with Crippen LogP contribution in [0.25, 0.3) is 0 Å². The van der Waals surface area contributed by atoms with Gasteiger partial charge in [-0.3, -0.25) is 9.59 Å². The van der Waals surface area contributed by atoms with Crippen LogP contribution in [0.3, 0.4) is 0 Å². The Morgan fingerprint density at radius 2 is 1.89 bits per heavy atom. The number of ether oxygens (including phenoxy) is 1. The Morgan fingerprint density at radius 1 is 1.08 bits per heavy atom. The summed E-state index contributed by atoms with van der Waals surface area (Å²) in [6.45, 7) is 3.88. The van der Waals surface area contributed by atoms with Crippen LogP contribution in [0, 0.1) is 5.82 Å². The van der Waals surface area contributed by atoms with Crippen molar-refractivity contribution in [3.8, 4) is 5.75 Å². The standard InChI is InChI=1S/C28H38FN3O4/c1-2-20-7-5-8-21(13-20)18-30-19-26(33)25-16-22-14-23(29)17-24(15-22)36-12-4-3-11-31-27(34)9-6-10-28(35)32-25/h5,7-8,13-15,17,25-26,30,33H,2-4,6,9-12,16,18-19H2,1H3,(H,31,34)(H,32,35). The SMILES string of the molecule is CCc1cccc(CNCC(O)C2Cc3cc(F)cc(c3)OCCCCNC(=O)CCCC(=O)N2)c1. The van der Waals surface area contributed by atoms with Crippen LogP contribution in [0.15, 0.2) is 42.5 Å². The highest BCUT2D eigenvalue weighted by atomic mass is 19.1. The third-order valence-electron chi connectivity index (χ3n) is 6.25. The molecule has 0 spiro atoms. The second kappa shape index (κ2) is 14.6. The van der Waals surface area contributed by atoms with E-state index in [-0.39, 0.29) is 37.6 Å². The molecule has 3 rings (SSSR count). The van der Waals surface area contributed by atoms with Crippen molar-refractivity contribution < 1.29 is 23.8 Å². The van der Waals surface area contributed by atoms with E-state index in [4.69, 9.17) is 4.74 Å². The maximum atomic E-state index is 14.3. The van der Waals surface area contributed by atoms with E-state index in [1.54, 1.807) is 6.07 Å². The van der Waals surface area contributed by atoms with Crippen molar-refractivity contribution in [1.82, 2.24) is 16.0 Å². The minimum absolute atomic E-state index is 0.0883. The second-order valence-electron chi connectivity index (χ2n) is 9.30. The fraction of sp³-hybridized carbons (Fsp3) is 0.500. The highest BCUT2D eigenvalue weighted by Crippen LogP contribution is 2.19. The molecule has 0 aromatic heterocycles. The Kier molecular flexibility index (Phi) is 11.2. The monoisotopic (exact) mass is 499 g/mol. The number of halogens is 1. The number of fused-ring (bicyclic) bond motifs is 2. The number of carbonyl (C=O) groups is 2. The lowest BCUT2D eigenvalue weighted by atomic mass is 10.00. The smallest absolute Gasteiger partial charge is 0.220 e. The summed E-state index contributed by atoms with van der Waals surface area (Å²) < 4.78 is 20.0. The van der Waals surface area contributed by atoms with Gasteiger partial charge in [-0.05, 0) is 60.9 Å². The summed E-state index contributed by atoms with van der Waals surface area (Å²) >= 11 is 0. The van der Waals surface area contributed by atoms with Gasteiger partial charge in [-0.2, -0.15) is 0 Å². The molecule has 0 radical (unpaired) electrons. The Hall–Kier alpha value is -2.97. The largest absolute Gasteiger partial charge is 0.493 e. The van der Waals surface area contributed by atoms with Gasteiger partial charge in [0.2, 0.25) is 11.8 Å². The van der Waals surface area contributed by atoms with Crippen LogP contribution in [-0.2, 0) is 29.0 Å². The Morgan fingerprint density at radius 3 is 2.72 bits per heavy atom. The Labute approximate surface area is 212 Å². The molecule has 2 aromatic carbocycles. The number of amides is 2. The summed E-state index contributed by atoms with van der Waals surface area (Å²) in [5, 5.41) is 20.0. The fourth-order valence-electron chi connectivity index (χ4n) is 4.25. The molecule has 0 fully saturated rings. The van der Waals surface area contributed by atoms with Gasteiger partial charge in [-0.25, -0.2) is 4.39 Å². The summed E-state index contributed by atoms with van der Waals surface area (Å²) in [6.07, 6.45) is 2.62. The molecule has 196 valence electrons. The number of rotatable bonds is 6. The number of aryl methyl sites for hydroxylation is 1. The van der Waals surface area contributed by atoms with Crippen LogP contribution >= 0.6 is 0 Å². The first-order valence-corrected chi connectivity index (χ1v) is 12.9. The van der Waals surface area contributed by atoms with E-state index in [0.717, 1.165) is 24.8 Å². The topological polar surface area (TPSA) is 99.7 Å². The third-order valence-corrected chi connectivity index (χ3v) is 6.25. The minimum atomic E-state index is -0.902. The Bertz CT molecular complexity index is 1000. The molecule has 1 heterocycles. The molecule has 36 heavy (non-hydrogen) atoms. The van der Waals surface area contributed by atoms with Gasteiger partial charge >= 0.3 is 0 Å². The molecule has 2 unspecified atom stereocenters. The van der Waals surface area contributed by atoms with Gasteiger partial charge in [0, 0.05) is 38.5 Å². The maximum Gasteiger partial charge on any atom is 0.220 e. The molecular formula is C28H38FN3O4. The fourth-order valence-corrected chi connectivity index (χ4v) is 4.25. The van der Waals surface area contributed by atoms with E-state index in [9.17, 15) is 19.1 Å². The average molecular weight is 500 g/mol. The van der Waals surface area contributed by atoms with Gasteiger partial charge in [0.1, 0.15) is 11.6 Å². The molecule has 0 saturated carbocycles. The number of carbonyl (C=O) groups excluding carboxylic acids is 2. The Balaban J connectivity index is 1.69. The lowest BCUT2D eigenvalue weighted by Gasteiger charge is -2.25. The highest BCUT2D eigenvalue weighted by molar-refractivity contribution is 5.79. The first kappa shape index (κ1) is 27.6. The third kappa shape index (κ3) is 9.59. The van der Waals surface area contributed by atoms with E-state index < -0.39 is 18.0 Å². The van der Waals surface area contributed by atoms with E-state index in [2.05, 4.69) is 35.0 Å². The summed E-state index contributed by atoms with van der Waals surface area (Å²) in [5.41, 5.74) is 2.99. The molecule has 0 saturated heterocycles. The zero-order valence-corrected chi connectivity index (χ0v) is 21.0. The number of benzene rings is 2. The quantitative estimate of drug-likeness (QED) is 0.490. The van der Waals surface area contributed by atoms with E-state index >= 15 is 0 Å². The molecule has 1 aliphatic heterocycles. The van der Waals surface area contributed by atoms with Gasteiger partial charge in [-0.15, -0.1) is 0 Å². The van der Waals surface area contributed by atoms with Crippen molar-refractivity contribution in [3.63, 3.8) is 0 Å². The van der Waals surface area contributed by atoms with Crippen molar-refractivity contribution in [2.24, 2.45) is 0 Å². The van der Waals surface area contributed by atoms with Crippen LogP contribution in [0.5, 0.6) is 5.75 Å². The summed E-state index contributed by atoms with van der Waals surface area (Å²) in [6, 6.07) is 12.1. The van der Waals surface area contributed by atoms with E-state index in [1.165, 1.54) is 17.7 Å². The minimum Gasteiger partial charge on any atom is -0.493 e.